The van der Waals surface area contributed by atoms with E-state index in [0.29, 0.717) is 51.7 Å². The van der Waals surface area contributed by atoms with Gasteiger partial charge in [0.05, 0.1) is 62.1 Å². The zero-order chi connectivity index (χ0) is 42.2. The molecule has 0 fully saturated rings. The van der Waals surface area contributed by atoms with E-state index >= 15 is 0 Å². The smallest absolute Gasteiger partial charge is 0.337 e. The summed E-state index contributed by atoms with van der Waals surface area (Å²) >= 11 is 0. The van der Waals surface area contributed by atoms with E-state index < -0.39 is 11.9 Å². The molecule has 0 unspecified atom stereocenters. The first-order valence-electron chi connectivity index (χ1n) is 18.6. The van der Waals surface area contributed by atoms with Crippen molar-refractivity contribution in [3.63, 3.8) is 0 Å². The van der Waals surface area contributed by atoms with Crippen LogP contribution in [0.1, 0.15) is 48.8 Å². The Morgan fingerprint density at radius 2 is 1.16 bits per heavy atom. The van der Waals surface area contributed by atoms with Crippen LogP contribution in [0.25, 0.3) is 28.3 Å². The number of aromatic nitrogens is 5. The first kappa shape index (κ1) is 42.7. The van der Waals surface area contributed by atoms with Crippen LogP contribution in [0.4, 0.5) is 11.4 Å². The monoisotopic (exact) mass is 857 g/mol. The van der Waals surface area contributed by atoms with E-state index in [1.165, 1.54) is 27.9 Å². The van der Waals surface area contributed by atoms with Crippen LogP contribution in [0, 0.1) is 13.8 Å². The minimum absolute atomic E-state index is 0. The fraction of sp³-hybridized carbons (Fsp3) is 0.0652. The second-order valence-corrected chi connectivity index (χ2v) is 13.3. The van der Waals surface area contributed by atoms with Crippen LogP contribution in [-0.4, -0.2) is 75.9 Å². The number of pyridine rings is 1. The molecular formula is C46H38CoN8O6. The van der Waals surface area contributed by atoms with E-state index in [1.54, 1.807) is 50.4 Å². The molecule has 7 aromatic rings. The molecule has 3 aromatic heterocycles. The molecule has 14 nitrogen and oxygen atoms in total. The van der Waals surface area contributed by atoms with Crippen LogP contribution >= 0.6 is 0 Å². The number of aliphatic imine (C=N–C) groups is 2. The quantitative estimate of drug-likeness (QED) is 0.0835. The molecule has 1 aliphatic heterocycles. The Kier molecular flexibility index (Phi) is 13.5. The van der Waals surface area contributed by atoms with Crippen LogP contribution in [0.15, 0.2) is 150 Å². The minimum atomic E-state index is -1.10. The number of carboxylic acid groups (broad SMARTS) is 2. The molecule has 0 saturated heterocycles. The summed E-state index contributed by atoms with van der Waals surface area (Å²) in [6, 6.07) is 33.9. The van der Waals surface area contributed by atoms with Gasteiger partial charge in [0, 0.05) is 53.2 Å². The molecule has 5 N–H and O–H groups in total. The number of nitrogens with one attached hydrogen (secondary N) is 1. The molecule has 0 amide bonds. The van der Waals surface area contributed by atoms with E-state index in [0.717, 1.165) is 16.9 Å². The summed E-state index contributed by atoms with van der Waals surface area (Å²) in [5, 5.41) is 52.4. The molecule has 8 rings (SSSR count). The van der Waals surface area contributed by atoms with Gasteiger partial charge >= 0.3 is 11.9 Å². The fourth-order valence-corrected chi connectivity index (χ4v) is 6.28. The molecule has 4 heterocycles. The van der Waals surface area contributed by atoms with Crippen LogP contribution in [-0.2, 0) is 16.8 Å². The van der Waals surface area contributed by atoms with E-state index in [-0.39, 0.29) is 45.4 Å². The van der Waals surface area contributed by atoms with Gasteiger partial charge in [0.25, 0.3) is 0 Å². The predicted molar refractivity (Wildman–Crippen MR) is 230 cm³/mol. The number of para-hydroxylation sites is 2. The SMILES string of the molecule is Cc1nn(-c2ccccc2)c(O)c1C=Nc1ccc(-c2ccccn2)cc1C(=O)O.Cc1nn(-c2ccccc2)c(O)c1C=Nc1ccc(C2=CC=CCN2)cc1C(=O)O.[Co]. The summed E-state index contributed by atoms with van der Waals surface area (Å²) in [5.74, 6) is -2.29. The van der Waals surface area contributed by atoms with Crippen molar-refractivity contribution in [2.45, 2.75) is 13.8 Å². The first-order valence-corrected chi connectivity index (χ1v) is 18.6. The van der Waals surface area contributed by atoms with Crippen LogP contribution < -0.4 is 5.32 Å². The molecule has 0 spiro atoms. The number of rotatable bonds is 10. The summed E-state index contributed by atoms with van der Waals surface area (Å²) in [4.78, 5) is 36.5. The summed E-state index contributed by atoms with van der Waals surface area (Å²) in [6.07, 6.45) is 10.3. The Morgan fingerprint density at radius 3 is 1.62 bits per heavy atom. The molecule has 0 atom stereocenters. The van der Waals surface area contributed by atoms with Crippen molar-refractivity contribution in [2.75, 3.05) is 6.54 Å². The minimum Gasteiger partial charge on any atom is -0.493 e. The third-order valence-corrected chi connectivity index (χ3v) is 9.36. The number of carboxylic acids is 2. The van der Waals surface area contributed by atoms with Crippen molar-refractivity contribution in [1.29, 1.82) is 0 Å². The van der Waals surface area contributed by atoms with Crippen molar-refractivity contribution in [1.82, 2.24) is 29.9 Å². The van der Waals surface area contributed by atoms with Gasteiger partial charge in [-0.15, -0.1) is 0 Å². The number of allylic oxidation sites excluding steroid dienone is 2. The van der Waals surface area contributed by atoms with Crippen LogP contribution in [0.5, 0.6) is 11.8 Å². The van der Waals surface area contributed by atoms with E-state index in [2.05, 4.69) is 30.5 Å². The standard InChI is InChI=1S/C23H20N4O3.C23H18N4O3.Co/c2*1-15-19(22(28)27(26-15)17-7-3-2-4-8-17)14-25-21-11-10-16(13-18(21)23(29)30)20-9-5-6-12-24-20;/h2-11,13-14,24,28H,12H2,1H3,(H,29,30);2-14,28H,1H3,(H,29,30);. The number of aryl methyl sites for hydroxylation is 2. The van der Waals surface area contributed by atoms with Gasteiger partial charge in [0.1, 0.15) is 0 Å². The van der Waals surface area contributed by atoms with Crippen molar-refractivity contribution >= 4 is 41.4 Å². The first-order chi connectivity index (χ1) is 29.1. The van der Waals surface area contributed by atoms with Gasteiger partial charge in [-0.05, 0) is 86.2 Å². The van der Waals surface area contributed by atoms with Crippen molar-refractivity contribution in [3.05, 3.63) is 179 Å². The number of nitrogens with zero attached hydrogens (tertiary/aromatic N) is 7. The Hall–Kier alpha value is -7.88. The second-order valence-electron chi connectivity index (χ2n) is 13.3. The van der Waals surface area contributed by atoms with Crippen molar-refractivity contribution < 1.29 is 46.8 Å². The van der Waals surface area contributed by atoms with Crippen LogP contribution in [0.3, 0.4) is 0 Å². The number of hydrogen-bond acceptors (Lipinski definition) is 10. The summed E-state index contributed by atoms with van der Waals surface area (Å²) in [6.45, 7) is 4.21. The van der Waals surface area contributed by atoms with Gasteiger partial charge in [-0.3, -0.25) is 15.0 Å². The Labute approximate surface area is 360 Å². The molecule has 0 bridgehead atoms. The topological polar surface area (TPSA) is 200 Å². The predicted octanol–water partition coefficient (Wildman–Crippen LogP) is 8.23. The van der Waals surface area contributed by atoms with E-state index in [1.807, 2.05) is 97.1 Å². The Balaban J connectivity index is 0.000000201. The van der Waals surface area contributed by atoms with Gasteiger partial charge in [-0.2, -0.15) is 10.2 Å². The molecule has 4 aromatic carbocycles. The summed E-state index contributed by atoms with van der Waals surface area (Å²) in [5.41, 5.74) is 7.10. The zero-order valence-corrected chi connectivity index (χ0v) is 33.8. The number of dihydropyridines is 1. The molecule has 0 aliphatic carbocycles. The maximum atomic E-state index is 11.8. The Bertz CT molecular complexity index is 2820. The van der Waals surface area contributed by atoms with Gasteiger partial charge in [0.15, 0.2) is 0 Å². The van der Waals surface area contributed by atoms with Crippen molar-refractivity contribution in [3.8, 4) is 34.4 Å². The second kappa shape index (κ2) is 19.2. The number of aromatic carboxylic acids is 2. The average molecular weight is 858 g/mol. The summed E-state index contributed by atoms with van der Waals surface area (Å²) in [7, 11) is 0. The van der Waals surface area contributed by atoms with Gasteiger partial charge in [0.2, 0.25) is 11.8 Å². The maximum Gasteiger partial charge on any atom is 0.337 e. The molecular weight excluding hydrogens is 819 g/mol. The number of aromatic hydroxyl groups is 2. The number of carbonyl (C=O) groups is 2. The van der Waals surface area contributed by atoms with Gasteiger partial charge in [-0.1, -0.05) is 66.7 Å². The van der Waals surface area contributed by atoms with E-state index in [9.17, 15) is 30.0 Å². The zero-order valence-electron chi connectivity index (χ0n) is 32.7. The van der Waals surface area contributed by atoms with Crippen molar-refractivity contribution in [2.24, 2.45) is 9.98 Å². The third kappa shape index (κ3) is 9.71. The number of hydrogen-bond donors (Lipinski definition) is 5. The largest absolute Gasteiger partial charge is 0.493 e. The molecule has 1 radical (unpaired) electrons. The molecule has 15 heteroatoms. The normalized spacial score (nSPS) is 12.0. The summed E-state index contributed by atoms with van der Waals surface area (Å²) < 4.78 is 2.84. The maximum absolute atomic E-state index is 11.8. The van der Waals surface area contributed by atoms with Gasteiger partial charge < -0.3 is 25.7 Å². The van der Waals surface area contributed by atoms with Crippen LogP contribution in [0.2, 0.25) is 0 Å². The molecule has 1 aliphatic rings. The average Bonchev–Trinajstić information content (AvgIpc) is 3.74. The van der Waals surface area contributed by atoms with E-state index in [4.69, 9.17) is 0 Å². The Morgan fingerprint density at radius 1 is 0.672 bits per heavy atom. The fourth-order valence-electron chi connectivity index (χ4n) is 6.28. The number of benzene rings is 4. The van der Waals surface area contributed by atoms with Gasteiger partial charge in [-0.25, -0.2) is 19.0 Å². The third-order valence-electron chi connectivity index (χ3n) is 9.36. The molecule has 0 saturated carbocycles. The molecule has 307 valence electrons. The molecule has 61 heavy (non-hydrogen) atoms.